The Bertz CT molecular complexity index is 532. The molecule has 8 heteroatoms. The second kappa shape index (κ2) is 5.87. The van der Waals surface area contributed by atoms with Crippen LogP contribution in [0.1, 0.15) is 6.42 Å². The normalized spacial score (nSPS) is 21.9. The Hall–Kier alpha value is -1.50. The van der Waals surface area contributed by atoms with Crippen molar-refractivity contribution in [1.82, 2.24) is 4.90 Å². The van der Waals surface area contributed by atoms with Gasteiger partial charge < -0.3 is 20.4 Å². The molecule has 3 N–H and O–H groups in total. The molecule has 2 rings (SSSR count). The molecule has 1 heterocycles. The first-order valence-corrected chi connectivity index (χ1v) is 6.57. The van der Waals surface area contributed by atoms with Gasteiger partial charge in [-0.3, -0.25) is 0 Å². The van der Waals surface area contributed by atoms with Crippen LogP contribution in [0.2, 0.25) is 10.0 Å². The lowest BCUT2D eigenvalue weighted by molar-refractivity contribution is -0.141. The van der Waals surface area contributed by atoms with E-state index < -0.39 is 24.1 Å². The van der Waals surface area contributed by atoms with Gasteiger partial charge in [-0.1, -0.05) is 23.2 Å². The highest BCUT2D eigenvalue weighted by molar-refractivity contribution is 6.35. The number of nitrogens with one attached hydrogen (secondary N) is 1. The zero-order valence-corrected chi connectivity index (χ0v) is 11.7. The van der Waals surface area contributed by atoms with Gasteiger partial charge >= 0.3 is 12.0 Å². The number of aliphatic hydroxyl groups is 1. The number of carbonyl (C=O) groups is 2. The number of benzene rings is 1. The van der Waals surface area contributed by atoms with E-state index in [0.717, 1.165) is 4.90 Å². The Morgan fingerprint density at radius 1 is 1.25 bits per heavy atom. The maximum Gasteiger partial charge on any atom is 0.326 e. The first-order valence-electron chi connectivity index (χ1n) is 5.81. The number of aliphatic carboxylic acids is 1. The highest BCUT2D eigenvalue weighted by Gasteiger charge is 2.39. The molecule has 1 saturated heterocycles. The number of nitrogens with zero attached hydrogens (tertiary/aromatic N) is 1. The van der Waals surface area contributed by atoms with Crippen LogP contribution in [0, 0.1) is 0 Å². The molecule has 1 unspecified atom stereocenters. The summed E-state index contributed by atoms with van der Waals surface area (Å²) in [5.74, 6) is -1.15. The lowest BCUT2D eigenvalue weighted by Gasteiger charge is -2.21. The summed E-state index contributed by atoms with van der Waals surface area (Å²) in [6.07, 6.45) is -0.830. The average Bonchev–Trinajstić information content (AvgIpc) is 2.70. The van der Waals surface area contributed by atoms with E-state index in [1.807, 2.05) is 0 Å². The number of rotatable bonds is 2. The smallest absolute Gasteiger partial charge is 0.326 e. The van der Waals surface area contributed by atoms with E-state index in [1.165, 1.54) is 18.2 Å². The molecule has 108 valence electrons. The molecule has 0 bridgehead atoms. The molecule has 0 saturated carbocycles. The number of carboxylic acid groups (broad SMARTS) is 1. The summed E-state index contributed by atoms with van der Waals surface area (Å²) in [4.78, 5) is 24.2. The van der Waals surface area contributed by atoms with Crippen molar-refractivity contribution in [2.75, 3.05) is 11.9 Å². The Labute approximate surface area is 124 Å². The van der Waals surface area contributed by atoms with Crippen molar-refractivity contribution in [2.45, 2.75) is 18.6 Å². The maximum atomic E-state index is 12.1. The van der Waals surface area contributed by atoms with Gasteiger partial charge in [-0.25, -0.2) is 9.59 Å². The second-order valence-corrected chi connectivity index (χ2v) is 5.36. The summed E-state index contributed by atoms with van der Waals surface area (Å²) in [5.41, 5.74) is 0.359. The van der Waals surface area contributed by atoms with E-state index in [2.05, 4.69) is 5.32 Å². The van der Waals surface area contributed by atoms with Gasteiger partial charge in [0.25, 0.3) is 0 Å². The molecular weight excluding hydrogens is 307 g/mol. The number of hydrogen-bond acceptors (Lipinski definition) is 3. The van der Waals surface area contributed by atoms with Crippen molar-refractivity contribution in [3.05, 3.63) is 28.2 Å². The third-order valence-corrected chi connectivity index (χ3v) is 3.38. The van der Waals surface area contributed by atoms with Crippen molar-refractivity contribution in [3.63, 3.8) is 0 Å². The predicted molar refractivity (Wildman–Crippen MR) is 74.2 cm³/mol. The molecule has 2 atom stereocenters. The second-order valence-electron chi connectivity index (χ2n) is 4.48. The van der Waals surface area contributed by atoms with Crippen LogP contribution >= 0.6 is 23.2 Å². The summed E-state index contributed by atoms with van der Waals surface area (Å²) in [7, 11) is 0. The van der Waals surface area contributed by atoms with Crippen LogP contribution in [0.5, 0.6) is 0 Å². The highest BCUT2D eigenvalue weighted by Crippen LogP contribution is 2.24. The minimum Gasteiger partial charge on any atom is -0.480 e. The van der Waals surface area contributed by atoms with Crippen LogP contribution in [0.15, 0.2) is 18.2 Å². The van der Waals surface area contributed by atoms with E-state index in [1.54, 1.807) is 0 Å². The Morgan fingerprint density at radius 2 is 1.85 bits per heavy atom. The van der Waals surface area contributed by atoms with Crippen molar-refractivity contribution < 1.29 is 19.8 Å². The van der Waals surface area contributed by atoms with Crippen LogP contribution in [0.25, 0.3) is 0 Å². The van der Waals surface area contributed by atoms with Crippen molar-refractivity contribution >= 4 is 40.9 Å². The molecule has 0 spiro atoms. The maximum absolute atomic E-state index is 12.1. The summed E-state index contributed by atoms with van der Waals surface area (Å²) in [6.45, 7) is -0.0307. The molecule has 0 radical (unpaired) electrons. The molecule has 1 aromatic carbocycles. The first kappa shape index (κ1) is 14.9. The van der Waals surface area contributed by atoms with Crippen LogP contribution in [0.4, 0.5) is 10.5 Å². The minimum absolute atomic E-state index is 0.0130. The van der Waals surface area contributed by atoms with Crippen LogP contribution in [-0.2, 0) is 4.79 Å². The lowest BCUT2D eigenvalue weighted by Crippen LogP contribution is -2.43. The van der Waals surface area contributed by atoms with Crippen LogP contribution < -0.4 is 5.32 Å². The summed E-state index contributed by atoms with van der Waals surface area (Å²) < 4.78 is 0. The fourth-order valence-corrected chi connectivity index (χ4v) is 2.62. The number of hydrogen-bond donors (Lipinski definition) is 3. The third kappa shape index (κ3) is 3.33. The SMILES string of the molecule is O=C(O)[C@@H]1CC(O)CN1C(=O)Nc1cc(Cl)cc(Cl)c1. The minimum atomic E-state index is -1.15. The van der Waals surface area contributed by atoms with Gasteiger partial charge in [0.15, 0.2) is 0 Å². The van der Waals surface area contributed by atoms with E-state index in [0.29, 0.717) is 15.7 Å². The number of β-amino-alcohol motifs (C(OH)–C–C–N with tert-alkyl or cyclic N) is 1. The molecular formula is C12H12Cl2N2O4. The quantitative estimate of drug-likeness (QED) is 0.778. The number of carboxylic acids is 1. The standard InChI is InChI=1S/C12H12Cl2N2O4/c13-6-1-7(14)3-8(2-6)15-12(20)16-5-9(17)4-10(16)11(18)19/h1-3,9-10,17H,4-5H2,(H,15,20)(H,18,19)/t9?,10-/m0/s1. The molecule has 1 aliphatic rings. The third-order valence-electron chi connectivity index (χ3n) is 2.94. The van der Waals surface area contributed by atoms with Gasteiger partial charge in [0.2, 0.25) is 0 Å². The largest absolute Gasteiger partial charge is 0.480 e. The van der Waals surface area contributed by atoms with Gasteiger partial charge in [0.05, 0.1) is 6.10 Å². The first-order chi connectivity index (χ1) is 9.36. The molecule has 1 aliphatic heterocycles. The summed E-state index contributed by atoms with van der Waals surface area (Å²) in [6, 6.07) is 2.84. The Balaban J connectivity index is 2.13. The molecule has 1 fully saturated rings. The van der Waals surface area contributed by atoms with Crippen LogP contribution in [-0.4, -0.2) is 45.8 Å². The molecule has 20 heavy (non-hydrogen) atoms. The van der Waals surface area contributed by atoms with E-state index >= 15 is 0 Å². The van der Waals surface area contributed by atoms with Crippen molar-refractivity contribution in [1.29, 1.82) is 0 Å². The topological polar surface area (TPSA) is 89.9 Å². The van der Waals surface area contributed by atoms with Crippen molar-refractivity contribution in [3.8, 4) is 0 Å². The van der Waals surface area contributed by atoms with Gasteiger partial charge in [-0.2, -0.15) is 0 Å². The van der Waals surface area contributed by atoms with E-state index in [-0.39, 0.29) is 13.0 Å². The average molecular weight is 319 g/mol. The molecule has 0 aromatic heterocycles. The lowest BCUT2D eigenvalue weighted by atomic mass is 10.2. The fourth-order valence-electron chi connectivity index (χ4n) is 2.09. The van der Waals surface area contributed by atoms with Gasteiger partial charge in [-0.15, -0.1) is 0 Å². The van der Waals surface area contributed by atoms with Crippen LogP contribution in [0.3, 0.4) is 0 Å². The van der Waals surface area contributed by atoms with E-state index in [9.17, 15) is 14.7 Å². The zero-order valence-electron chi connectivity index (χ0n) is 10.2. The molecule has 2 amide bonds. The Morgan fingerprint density at radius 3 is 2.40 bits per heavy atom. The van der Waals surface area contributed by atoms with Gasteiger partial charge in [-0.05, 0) is 18.2 Å². The zero-order chi connectivity index (χ0) is 14.9. The Kier molecular flexibility index (Phi) is 4.37. The molecule has 0 aliphatic carbocycles. The van der Waals surface area contributed by atoms with Crippen molar-refractivity contribution in [2.24, 2.45) is 0 Å². The highest BCUT2D eigenvalue weighted by atomic mass is 35.5. The number of halogens is 2. The van der Waals surface area contributed by atoms with E-state index in [4.69, 9.17) is 28.3 Å². The number of aliphatic hydroxyl groups excluding tert-OH is 1. The predicted octanol–water partition coefficient (Wildman–Crippen LogP) is 2.05. The fraction of sp³-hybridized carbons (Fsp3) is 0.333. The molecule has 6 nitrogen and oxygen atoms in total. The van der Waals surface area contributed by atoms with Gasteiger partial charge in [0, 0.05) is 28.7 Å². The monoisotopic (exact) mass is 318 g/mol. The number of urea groups is 1. The van der Waals surface area contributed by atoms with Gasteiger partial charge in [0.1, 0.15) is 6.04 Å². The molecule has 1 aromatic rings. The number of carbonyl (C=O) groups excluding carboxylic acids is 1. The summed E-state index contributed by atoms with van der Waals surface area (Å²) in [5, 5.41) is 21.7. The number of amides is 2. The summed E-state index contributed by atoms with van der Waals surface area (Å²) >= 11 is 11.6. The number of anilines is 1. The number of likely N-dealkylation sites (tertiary alicyclic amines) is 1.